The van der Waals surface area contributed by atoms with E-state index in [1.54, 1.807) is 65.0 Å². The first-order valence-electron chi connectivity index (χ1n) is 8.86. The summed E-state index contributed by atoms with van der Waals surface area (Å²) in [4.78, 5) is 36.5. The Hall–Kier alpha value is -2.83. The fraction of sp³-hybridized carbons (Fsp3) is 0.476. The summed E-state index contributed by atoms with van der Waals surface area (Å²) >= 11 is 0. The molecule has 0 fully saturated rings. The van der Waals surface area contributed by atoms with Crippen LogP contribution in [0.1, 0.15) is 41.0 Å². The van der Waals surface area contributed by atoms with Gasteiger partial charge in [-0.1, -0.05) is 43.5 Å². The molecule has 1 amide bonds. The molecule has 0 saturated heterocycles. The van der Waals surface area contributed by atoms with Gasteiger partial charge in [-0.05, 0) is 40.7 Å². The van der Waals surface area contributed by atoms with Gasteiger partial charge in [-0.25, -0.2) is 9.59 Å². The Morgan fingerprint density at radius 2 is 1.64 bits per heavy atom. The highest BCUT2D eigenvalue weighted by atomic mass is 16.6. The average Bonchev–Trinajstić information content (AvgIpc) is 2.54. The Labute approximate surface area is 167 Å². The van der Waals surface area contributed by atoms with Gasteiger partial charge in [0.2, 0.25) is 0 Å². The molecule has 7 nitrogen and oxygen atoms in total. The van der Waals surface area contributed by atoms with Crippen LogP contribution in [0.4, 0.5) is 4.79 Å². The molecule has 1 atom stereocenters. The first-order valence-corrected chi connectivity index (χ1v) is 8.86. The fourth-order valence-electron chi connectivity index (χ4n) is 1.81. The molecule has 0 unspecified atom stereocenters. The summed E-state index contributed by atoms with van der Waals surface area (Å²) in [5.74, 6) is -1.47. The Kier molecular flexibility index (Phi) is 10.6. The molecular weight excluding hydrogens is 362 g/mol. The molecule has 28 heavy (non-hydrogen) atoms. The molecule has 0 radical (unpaired) electrons. The summed E-state index contributed by atoms with van der Waals surface area (Å²) in [6.45, 7) is 15.4. The van der Waals surface area contributed by atoms with E-state index in [1.165, 1.54) is 6.08 Å². The number of hydrogen-bond acceptors (Lipinski definition) is 6. The smallest absolute Gasteiger partial charge is 0.408 e. The highest BCUT2D eigenvalue weighted by Crippen LogP contribution is 2.15. The number of amides is 1. The maximum atomic E-state index is 12.6. The van der Waals surface area contributed by atoms with E-state index in [1.807, 2.05) is 0 Å². The molecule has 0 bridgehead atoms. The van der Waals surface area contributed by atoms with Gasteiger partial charge in [-0.2, -0.15) is 0 Å². The number of alkyl carbamates (subject to hydrolysis) is 1. The van der Waals surface area contributed by atoms with Crippen LogP contribution in [-0.2, 0) is 23.8 Å². The van der Waals surface area contributed by atoms with Crippen molar-refractivity contribution in [2.75, 3.05) is 6.61 Å². The van der Waals surface area contributed by atoms with E-state index in [0.717, 1.165) is 0 Å². The van der Waals surface area contributed by atoms with Crippen LogP contribution in [0.5, 0.6) is 0 Å². The monoisotopic (exact) mass is 393 g/mol. The van der Waals surface area contributed by atoms with E-state index in [4.69, 9.17) is 14.2 Å². The molecule has 0 aliphatic rings. The summed E-state index contributed by atoms with van der Waals surface area (Å²) < 4.78 is 15.5. The molecule has 7 heteroatoms. The highest BCUT2D eigenvalue weighted by molar-refractivity contribution is 5.86. The largest absolute Gasteiger partial charge is 0.461 e. The predicted octanol–water partition coefficient (Wildman–Crippen LogP) is 3.62. The molecule has 0 aliphatic heterocycles. The lowest BCUT2D eigenvalue weighted by molar-refractivity contribution is -0.158. The minimum Gasteiger partial charge on any atom is -0.461 e. The third kappa shape index (κ3) is 12.5. The van der Waals surface area contributed by atoms with E-state index in [0.29, 0.717) is 0 Å². The van der Waals surface area contributed by atoms with Crippen LogP contribution in [0.15, 0.2) is 49.6 Å². The van der Waals surface area contributed by atoms with Gasteiger partial charge in [0, 0.05) is 0 Å². The topological polar surface area (TPSA) is 90.9 Å². The average molecular weight is 393 g/mol. The third-order valence-electron chi connectivity index (χ3n) is 2.93. The van der Waals surface area contributed by atoms with Gasteiger partial charge < -0.3 is 19.5 Å². The molecule has 0 aromatic heterocycles. The van der Waals surface area contributed by atoms with E-state index in [9.17, 15) is 14.4 Å². The van der Waals surface area contributed by atoms with Gasteiger partial charge in [-0.15, -0.1) is 0 Å². The van der Waals surface area contributed by atoms with Crippen LogP contribution in [-0.4, -0.2) is 41.9 Å². The van der Waals surface area contributed by atoms with Gasteiger partial charge in [0.1, 0.15) is 23.9 Å². The Morgan fingerprint density at radius 1 is 1.00 bits per heavy atom. The first-order chi connectivity index (χ1) is 12.9. The zero-order valence-electron chi connectivity index (χ0n) is 17.3. The van der Waals surface area contributed by atoms with Gasteiger partial charge in [0.05, 0.1) is 6.42 Å². The molecule has 1 N–H and O–H groups in total. The Balaban J connectivity index is 5.21. The SMILES string of the molecule is C=C/C=C\C=C\C(C)(C)OC(=O)[C@H](CC(=O)OCC=C)NC(=O)OC(C)(C)C. The van der Waals surface area contributed by atoms with Crippen molar-refractivity contribution in [1.82, 2.24) is 5.32 Å². The number of carbonyl (C=O) groups is 3. The van der Waals surface area contributed by atoms with Crippen LogP contribution in [0.3, 0.4) is 0 Å². The maximum Gasteiger partial charge on any atom is 0.408 e. The first kappa shape index (κ1) is 25.2. The van der Waals surface area contributed by atoms with E-state index < -0.39 is 41.7 Å². The van der Waals surface area contributed by atoms with Gasteiger partial charge >= 0.3 is 18.0 Å². The summed E-state index contributed by atoms with van der Waals surface area (Å²) in [6.07, 6.45) is 8.57. The van der Waals surface area contributed by atoms with Crippen molar-refractivity contribution in [3.05, 3.63) is 49.6 Å². The third-order valence-corrected chi connectivity index (χ3v) is 2.93. The normalized spacial score (nSPS) is 13.0. The molecule has 156 valence electrons. The van der Waals surface area contributed by atoms with Crippen molar-refractivity contribution in [1.29, 1.82) is 0 Å². The summed E-state index contributed by atoms with van der Waals surface area (Å²) in [5, 5.41) is 2.37. The van der Waals surface area contributed by atoms with Crippen molar-refractivity contribution < 1.29 is 28.6 Å². The van der Waals surface area contributed by atoms with E-state index in [-0.39, 0.29) is 6.61 Å². The molecule has 0 spiro atoms. The van der Waals surface area contributed by atoms with Crippen LogP contribution in [0, 0.1) is 0 Å². The number of esters is 2. The van der Waals surface area contributed by atoms with Crippen molar-refractivity contribution in [3.8, 4) is 0 Å². The quantitative estimate of drug-likeness (QED) is 0.264. The van der Waals surface area contributed by atoms with Crippen molar-refractivity contribution in [2.45, 2.75) is 58.3 Å². The molecule has 0 aromatic carbocycles. The van der Waals surface area contributed by atoms with Crippen molar-refractivity contribution >= 4 is 18.0 Å². The maximum absolute atomic E-state index is 12.6. The van der Waals surface area contributed by atoms with Gasteiger partial charge in [0.25, 0.3) is 0 Å². The zero-order valence-corrected chi connectivity index (χ0v) is 17.3. The van der Waals surface area contributed by atoms with Crippen molar-refractivity contribution in [3.63, 3.8) is 0 Å². The second kappa shape index (κ2) is 11.8. The van der Waals surface area contributed by atoms with Crippen LogP contribution >= 0.6 is 0 Å². The molecule has 0 heterocycles. The Bertz CT molecular complexity index is 625. The molecular formula is C21H31NO6. The number of rotatable bonds is 10. The molecule has 0 rings (SSSR count). The summed E-state index contributed by atoms with van der Waals surface area (Å²) in [7, 11) is 0. The van der Waals surface area contributed by atoms with E-state index >= 15 is 0 Å². The lowest BCUT2D eigenvalue weighted by atomic mass is 10.1. The molecule has 0 saturated carbocycles. The molecule has 0 aliphatic carbocycles. The number of allylic oxidation sites excluding steroid dienone is 4. The second-order valence-electron chi connectivity index (χ2n) is 7.38. The lowest BCUT2D eigenvalue weighted by Gasteiger charge is -2.26. The van der Waals surface area contributed by atoms with Crippen LogP contribution in [0.2, 0.25) is 0 Å². The lowest BCUT2D eigenvalue weighted by Crippen LogP contribution is -2.47. The van der Waals surface area contributed by atoms with Gasteiger partial charge in [0.15, 0.2) is 0 Å². The van der Waals surface area contributed by atoms with Crippen LogP contribution < -0.4 is 5.32 Å². The van der Waals surface area contributed by atoms with Crippen molar-refractivity contribution in [2.24, 2.45) is 0 Å². The fourth-order valence-corrected chi connectivity index (χ4v) is 1.81. The zero-order chi connectivity index (χ0) is 21.8. The highest BCUT2D eigenvalue weighted by Gasteiger charge is 2.31. The molecule has 0 aromatic rings. The van der Waals surface area contributed by atoms with Gasteiger partial charge in [-0.3, -0.25) is 4.79 Å². The minimum absolute atomic E-state index is 0.00307. The number of ether oxygens (including phenoxy) is 3. The number of hydrogen-bond donors (Lipinski definition) is 1. The van der Waals surface area contributed by atoms with Crippen LogP contribution in [0.25, 0.3) is 0 Å². The predicted molar refractivity (Wildman–Crippen MR) is 108 cm³/mol. The second-order valence-corrected chi connectivity index (χ2v) is 7.38. The minimum atomic E-state index is -1.26. The van der Waals surface area contributed by atoms with E-state index in [2.05, 4.69) is 18.5 Å². The number of nitrogens with one attached hydrogen (secondary N) is 1. The summed E-state index contributed by atoms with van der Waals surface area (Å²) in [6, 6.07) is -1.26. The summed E-state index contributed by atoms with van der Waals surface area (Å²) in [5.41, 5.74) is -1.73. The standard InChI is InChI=1S/C21H31NO6/c1-8-10-11-12-13-21(6,7)27-18(24)16(15-17(23)26-14-9-2)22-19(25)28-20(3,4)5/h8-13,16H,1-2,14-15H2,3-7H3,(H,22,25)/b11-10-,13-12+/t16-/m0/s1. The Morgan fingerprint density at radius 3 is 2.18 bits per heavy atom. The number of carbonyl (C=O) groups excluding carboxylic acids is 3.